The monoisotopic (exact) mass is 354 g/mol. The number of nitrogens with zero attached hydrogens (tertiary/aromatic N) is 2. The Morgan fingerprint density at radius 3 is 2.81 bits per heavy atom. The summed E-state index contributed by atoms with van der Waals surface area (Å²) in [5.41, 5.74) is 2.75. The van der Waals surface area contributed by atoms with Crippen LogP contribution < -0.4 is 14.4 Å². The third-order valence-electron chi connectivity index (χ3n) is 4.78. The molecule has 1 atom stereocenters. The number of carbonyl (C=O) groups is 1. The number of hydrogen-bond acceptors (Lipinski definition) is 4. The number of fused-ring (bicyclic) bond motifs is 1. The minimum Gasteiger partial charge on any atom is -0.496 e. The molecule has 1 amide bonds. The molecular weight excluding hydrogens is 328 g/mol. The molecule has 2 aromatic carbocycles. The SMILES string of the molecule is CCN1CC(CN(C)C(=O)c2ccc(C)c(OC)c2)Oc2ccccc21. The molecule has 0 aliphatic carbocycles. The van der Waals surface area contributed by atoms with Gasteiger partial charge in [0.15, 0.2) is 0 Å². The Balaban J connectivity index is 1.72. The van der Waals surface area contributed by atoms with Crippen molar-refractivity contribution < 1.29 is 14.3 Å². The Labute approximate surface area is 155 Å². The molecule has 1 heterocycles. The average molecular weight is 354 g/mol. The summed E-state index contributed by atoms with van der Waals surface area (Å²) >= 11 is 0. The number of aryl methyl sites for hydroxylation is 1. The number of methoxy groups -OCH3 is 1. The molecule has 5 heteroatoms. The van der Waals surface area contributed by atoms with Gasteiger partial charge in [0.2, 0.25) is 0 Å². The van der Waals surface area contributed by atoms with Crippen LogP contribution in [0.4, 0.5) is 5.69 Å². The summed E-state index contributed by atoms with van der Waals surface area (Å²) in [6.07, 6.45) is -0.0638. The van der Waals surface area contributed by atoms with E-state index in [0.717, 1.165) is 35.8 Å². The first-order chi connectivity index (χ1) is 12.5. The number of anilines is 1. The van der Waals surface area contributed by atoms with Crippen molar-refractivity contribution in [2.45, 2.75) is 20.0 Å². The summed E-state index contributed by atoms with van der Waals surface area (Å²) in [6, 6.07) is 13.6. The first kappa shape index (κ1) is 18.1. The minimum absolute atomic E-state index is 0.0335. The Kier molecular flexibility index (Phi) is 5.35. The molecule has 1 aliphatic rings. The van der Waals surface area contributed by atoms with Crippen molar-refractivity contribution in [2.24, 2.45) is 0 Å². The van der Waals surface area contributed by atoms with Gasteiger partial charge in [-0.15, -0.1) is 0 Å². The second-order valence-electron chi connectivity index (χ2n) is 6.62. The topological polar surface area (TPSA) is 42.0 Å². The smallest absolute Gasteiger partial charge is 0.253 e. The molecule has 3 rings (SSSR count). The second-order valence-corrected chi connectivity index (χ2v) is 6.62. The third kappa shape index (κ3) is 3.62. The van der Waals surface area contributed by atoms with Gasteiger partial charge in [0.05, 0.1) is 25.9 Å². The van der Waals surface area contributed by atoms with Gasteiger partial charge in [0.1, 0.15) is 17.6 Å². The quantitative estimate of drug-likeness (QED) is 0.826. The lowest BCUT2D eigenvalue weighted by Crippen LogP contribution is -2.46. The van der Waals surface area contributed by atoms with E-state index in [1.54, 1.807) is 18.1 Å². The lowest BCUT2D eigenvalue weighted by atomic mass is 10.1. The molecular formula is C21H26N2O3. The van der Waals surface area contributed by atoms with Gasteiger partial charge >= 0.3 is 0 Å². The molecule has 0 spiro atoms. The summed E-state index contributed by atoms with van der Waals surface area (Å²) in [6.45, 7) is 6.29. The van der Waals surface area contributed by atoms with Crippen LogP contribution in [-0.2, 0) is 0 Å². The Morgan fingerprint density at radius 1 is 1.31 bits per heavy atom. The number of para-hydroxylation sites is 2. The zero-order valence-electron chi connectivity index (χ0n) is 15.9. The highest BCUT2D eigenvalue weighted by Gasteiger charge is 2.27. The van der Waals surface area contributed by atoms with Crippen LogP contribution in [0.25, 0.3) is 0 Å². The van der Waals surface area contributed by atoms with E-state index < -0.39 is 0 Å². The van der Waals surface area contributed by atoms with Gasteiger partial charge in [-0.05, 0) is 43.7 Å². The van der Waals surface area contributed by atoms with Crippen LogP contribution >= 0.6 is 0 Å². The van der Waals surface area contributed by atoms with Gasteiger partial charge in [0, 0.05) is 19.2 Å². The molecule has 0 saturated heterocycles. The van der Waals surface area contributed by atoms with Crippen molar-refractivity contribution in [1.82, 2.24) is 4.90 Å². The van der Waals surface area contributed by atoms with E-state index in [-0.39, 0.29) is 12.0 Å². The maximum atomic E-state index is 12.8. The molecule has 0 saturated carbocycles. The highest BCUT2D eigenvalue weighted by atomic mass is 16.5. The fraction of sp³-hybridized carbons (Fsp3) is 0.381. The van der Waals surface area contributed by atoms with Crippen molar-refractivity contribution >= 4 is 11.6 Å². The van der Waals surface area contributed by atoms with E-state index in [4.69, 9.17) is 9.47 Å². The van der Waals surface area contributed by atoms with E-state index in [9.17, 15) is 4.79 Å². The summed E-state index contributed by atoms with van der Waals surface area (Å²) in [5, 5.41) is 0. The molecule has 0 bridgehead atoms. The highest BCUT2D eigenvalue weighted by molar-refractivity contribution is 5.94. The highest BCUT2D eigenvalue weighted by Crippen LogP contribution is 2.33. The van der Waals surface area contributed by atoms with Crippen LogP contribution in [0, 0.1) is 6.92 Å². The van der Waals surface area contributed by atoms with Crippen molar-refractivity contribution in [3.05, 3.63) is 53.6 Å². The standard InChI is InChI=1S/C21H26N2O3/c1-5-23-14-17(26-19-9-7-6-8-18(19)23)13-22(3)21(24)16-11-10-15(2)20(12-16)25-4/h6-12,17H,5,13-14H2,1-4H3. The lowest BCUT2D eigenvalue weighted by Gasteiger charge is -2.37. The van der Waals surface area contributed by atoms with Crippen molar-refractivity contribution in [3.63, 3.8) is 0 Å². The predicted octanol–water partition coefficient (Wildman–Crippen LogP) is 3.36. The molecule has 0 fully saturated rings. The summed E-state index contributed by atoms with van der Waals surface area (Å²) in [5.74, 6) is 1.57. The Bertz CT molecular complexity index is 791. The Hall–Kier alpha value is -2.69. The van der Waals surface area contributed by atoms with Crippen molar-refractivity contribution in [2.75, 3.05) is 38.7 Å². The molecule has 1 unspecified atom stereocenters. The number of rotatable bonds is 5. The molecule has 26 heavy (non-hydrogen) atoms. The van der Waals surface area contributed by atoms with E-state index in [0.29, 0.717) is 12.1 Å². The molecule has 0 aromatic heterocycles. The number of benzene rings is 2. The molecule has 0 N–H and O–H groups in total. The van der Waals surface area contributed by atoms with Gasteiger partial charge in [-0.25, -0.2) is 0 Å². The van der Waals surface area contributed by atoms with Crippen LogP contribution in [0.3, 0.4) is 0 Å². The number of carbonyl (C=O) groups excluding carboxylic acids is 1. The summed E-state index contributed by atoms with van der Waals surface area (Å²) in [7, 11) is 3.43. The fourth-order valence-corrected chi connectivity index (χ4v) is 3.34. The fourth-order valence-electron chi connectivity index (χ4n) is 3.34. The number of hydrogen-bond donors (Lipinski definition) is 0. The van der Waals surface area contributed by atoms with Gasteiger partial charge in [-0.2, -0.15) is 0 Å². The molecule has 0 radical (unpaired) electrons. The number of amides is 1. The zero-order valence-corrected chi connectivity index (χ0v) is 15.9. The van der Waals surface area contributed by atoms with Gasteiger partial charge < -0.3 is 19.3 Å². The third-order valence-corrected chi connectivity index (χ3v) is 4.78. The molecule has 5 nitrogen and oxygen atoms in total. The lowest BCUT2D eigenvalue weighted by molar-refractivity contribution is 0.0709. The van der Waals surface area contributed by atoms with Crippen molar-refractivity contribution in [3.8, 4) is 11.5 Å². The van der Waals surface area contributed by atoms with E-state index >= 15 is 0 Å². The summed E-state index contributed by atoms with van der Waals surface area (Å²) in [4.78, 5) is 16.8. The maximum Gasteiger partial charge on any atom is 0.253 e. The average Bonchev–Trinajstić information content (AvgIpc) is 2.67. The first-order valence-corrected chi connectivity index (χ1v) is 8.94. The van der Waals surface area contributed by atoms with Gasteiger partial charge in [0.25, 0.3) is 5.91 Å². The van der Waals surface area contributed by atoms with Gasteiger partial charge in [-0.3, -0.25) is 4.79 Å². The van der Waals surface area contributed by atoms with Crippen LogP contribution in [0.1, 0.15) is 22.8 Å². The molecule has 1 aliphatic heterocycles. The molecule has 2 aromatic rings. The largest absolute Gasteiger partial charge is 0.496 e. The van der Waals surface area contributed by atoms with Crippen LogP contribution in [0.2, 0.25) is 0 Å². The van der Waals surface area contributed by atoms with Crippen molar-refractivity contribution in [1.29, 1.82) is 0 Å². The normalized spacial score (nSPS) is 15.8. The second kappa shape index (κ2) is 7.68. The minimum atomic E-state index is -0.0638. The number of likely N-dealkylation sites (N-methyl/N-ethyl adjacent to an activating group) is 2. The van der Waals surface area contributed by atoms with E-state index in [1.807, 2.05) is 44.3 Å². The predicted molar refractivity (Wildman–Crippen MR) is 103 cm³/mol. The van der Waals surface area contributed by atoms with Crippen LogP contribution in [-0.4, -0.2) is 50.7 Å². The van der Waals surface area contributed by atoms with E-state index in [2.05, 4.69) is 17.9 Å². The maximum absolute atomic E-state index is 12.8. The zero-order chi connectivity index (χ0) is 18.7. The first-order valence-electron chi connectivity index (χ1n) is 8.94. The van der Waals surface area contributed by atoms with Gasteiger partial charge in [-0.1, -0.05) is 18.2 Å². The van der Waals surface area contributed by atoms with E-state index in [1.165, 1.54) is 0 Å². The molecule has 138 valence electrons. The number of ether oxygens (including phenoxy) is 2. The van der Waals surface area contributed by atoms with Crippen LogP contribution in [0.15, 0.2) is 42.5 Å². The van der Waals surface area contributed by atoms with Crippen LogP contribution in [0.5, 0.6) is 11.5 Å². The Morgan fingerprint density at radius 2 is 2.08 bits per heavy atom. The summed E-state index contributed by atoms with van der Waals surface area (Å²) < 4.78 is 11.5.